The van der Waals surface area contributed by atoms with E-state index in [1.165, 1.54) is 12.2 Å². The summed E-state index contributed by atoms with van der Waals surface area (Å²) >= 11 is 0. The first-order chi connectivity index (χ1) is 6.10. The maximum atomic E-state index is 10.8. The van der Waals surface area contributed by atoms with Gasteiger partial charge in [0.1, 0.15) is 12.2 Å². The lowest BCUT2D eigenvalue weighted by molar-refractivity contribution is -0.141. The fourth-order valence-electron chi connectivity index (χ4n) is 0.628. The maximum Gasteiger partial charge on any atom is 0.311 e. The summed E-state index contributed by atoms with van der Waals surface area (Å²) in [4.78, 5) is 21.1. The molecule has 0 aromatic rings. The van der Waals surface area contributed by atoms with E-state index in [0.717, 1.165) is 0 Å². The number of rotatable bonds is 5. The van der Waals surface area contributed by atoms with Crippen molar-refractivity contribution in [2.45, 2.75) is 19.8 Å². The lowest BCUT2D eigenvalue weighted by atomic mass is 10.3. The molecule has 0 aliphatic rings. The van der Waals surface area contributed by atoms with Crippen LogP contribution in [0, 0.1) is 0 Å². The van der Waals surface area contributed by atoms with Crippen LogP contribution in [-0.2, 0) is 14.3 Å². The Kier molecular flexibility index (Phi) is 5.27. The molecule has 0 atom stereocenters. The van der Waals surface area contributed by atoms with E-state index in [1.54, 1.807) is 6.92 Å². The quantitative estimate of drug-likeness (QED) is 0.399. The van der Waals surface area contributed by atoms with Gasteiger partial charge in [0.2, 0.25) is 0 Å². The smallest absolute Gasteiger partial charge is 0.311 e. The number of aliphatic carboxylic acids is 1. The van der Waals surface area contributed by atoms with Crippen LogP contribution in [0.5, 0.6) is 0 Å². The minimum atomic E-state index is -1.04. The minimum absolute atomic E-state index is 0.106. The molecule has 0 bridgehead atoms. The van der Waals surface area contributed by atoms with Crippen LogP contribution in [-0.4, -0.2) is 17.0 Å². The maximum absolute atomic E-state index is 10.8. The van der Waals surface area contributed by atoms with Gasteiger partial charge >= 0.3 is 11.9 Å². The molecule has 0 aromatic carbocycles. The van der Waals surface area contributed by atoms with Crippen LogP contribution in [0.2, 0.25) is 0 Å². The number of allylic oxidation sites excluding steroid dienone is 2. The third kappa shape index (κ3) is 5.66. The monoisotopic (exact) mass is 184 g/mol. The summed E-state index contributed by atoms with van der Waals surface area (Å²) < 4.78 is 4.72. The largest absolute Gasteiger partial charge is 0.481 e. The number of ether oxygens (including phenoxy) is 1. The number of carboxylic acid groups (broad SMARTS) is 1. The summed E-state index contributed by atoms with van der Waals surface area (Å²) in [5.41, 5.74) is 0. The van der Waals surface area contributed by atoms with E-state index in [2.05, 4.69) is 6.58 Å². The fourth-order valence-corrected chi connectivity index (χ4v) is 0.628. The SMILES string of the molecule is C=CC=C(CC(=O)O)OC(=O)CC. The number of hydrogen-bond donors (Lipinski definition) is 1. The van der Waals surface area contributed by atoms with Gasteiger partial charge < -0.3 is 9.84 Å². The Morgan fingerprint density at radius 1 is 1.54 bits per heavy atom. The van der Waals surface area contributed by atoms with Crippen molar-refractivity contribution in [1.82, 2.24) is 0 Å². The highest BCUT2D eigenvalue weighted by Gasteiger charge is 2.08. The third-order valence-electron chi connectivity index (χ3n) is 1.16. The molecule has 1 N–H and O–H groups in total. The molecule has 0 amide bonds. The Hall–Kier alpha value is -1.58. The molecule has 0 saturated carbocycles. The normalized spacial score (nSPS) is 10.7. The zero-order valence-corrected chi connectivity index (χ0v) is 7.45. The molecule has 0 unspecified atom stereocenters. The Bertz CT molecular complexity index is 240. The Morgan fingerprint density at radius 3 is 2.54 bits per heavy atom. The summed E-state index contributed by atoms with van der Waals surface area (Å²) in [5, 5.41) is 8.43. The lowest BCUT2D eigenvalue weighted by Crippen LogP contribution is -2.06. The molecule has 0 rings (SSSR count). The molecule has 0 fully saturated rings. The first-order valence-electron chi connectivity index (χ1n) is 3.84. The van der Waals surface area contributed by atoms with Gasteiger partial charge in [-0.15, -0.1) is 0 Å². The summed E-state index contributed by atoms with van der Waals surface area (Å²) in [6.07, 6.45) is 2.65. The molecular weight excluding hydrogens is 172 g/mol. The molecule has 0 saturated heterocycles. The molecule has 13 heavy (non-hydrogen) atoms. The lowest BCUT2D eigenvalue weighted by Gasteiger charge is -2.03. The van der Waals surface area contributed by atoms with Crippen molar-refractivity contribution in [3.05, 3.63) is 24.5 Å². The van der Waals surface area contributed by atoms with Crippen LogP contribution in [0.3, 0.4) is 0 Å². The Balaban J connectivity index is 4.26. The van der Waals surface area contributed by atoms with Gasteiger partial charge in [0.15, 0.2) is 0 Å². The van der Waals surface area contributed by atoms with E-state index in [4.69, 9.17) is 9.84 Å². The van der Waals surface area contributed by atoms with Gasteiger partial charge in [-0.3, -0.25) is 9.59 Å². The number of carbonyl (C=O) groups is 2. The summed E-state index contributed by atoms with van der Waals surface area (Å²) in [5.74, 6) is -1.39. The van der Waals surface area contributed by atoms with Crippen molar-refractivity contribution < 1.29 is 19.4 Å². The van der Waals surface area contributed by atoms with Gasteiger partial charge in [0.05, 0.1) is 0 Å². The van der Waals surface area contributed by atoms with Crippen LogP contribution in [0.4, 0.5) is 0 Å². The number of carbonyl (C=O) groups excluding carboxylic acids is 1. The average molecular weight is 184 g/mol. The molecule has 0 aromatic heterocycles. The van der Waals surface area contributed by atoms with E-state index in [0.29, 0.717) is 0 Å². The Morgan fingerprint density at radius 2 is 2.15 bits per heavy atom. The predicted molar refractivity (Wildman–Crippen MR) is 46.9 cm³/mol. The second kappa shape index (κ2) is 5.99. The summed E-state index contributed by atoms with van der Waals surface area (Å²) in [7, 11) is 0. The van der Waals surface area contributed by atoms with E-state index in [1.807, 2.05) is 0 Å². The summed E-state index contributed by atoms with van der Waals surface area (Å²) in [6, 6.07) is 0. The molecule has 0 heterocycles. The predicted octanol–water partition coefficient (Wildman–Crippen LogP) is 1.48. The van der Waals surface area contributed by atoms with Gasteiger partial charge in [-0.05, 0) is 6.08 Å². The van der Waals surface area contributed by atoms with Crippen molar-refractivity contribution in [3.63, 3.8) is 0 Å². The molecule has 0 aliphatic heterocycles. The van der Waals surface area contributed by atoms with Gasteiger partial charge in [-0.25, -0.2) is 0 Å². The van der Waals surface area contributed by atoms with Crippen LogP contribution < -0.4 is 0 Å². The first kappa shape index (κ1) is 11.4. The van der Waals surface area contributed by atoms with Crippen molar-refractivity contribution >= 4 is 11.9 Å². The minimum Gasteiger partial charge on any atom is -0.481 e. The molecule has 0 radical (unpaired) electrons. The second-order valence-electron chi connectivity index (χ2n) is 2.27. The second-order valence-corrected chi connectivity index (χ2v) is 2.27. The molecule has 0 aliphatic carbocycles. The van der Waals surface area contributed by atoms with Crippen LogP contribution in [0.1, 0.15) is 19.8 Å². The highest BCUT2D eigenvalue weighted by molar-refractivity contribution is 5.73. The van der Waals surface area contributed by atoms with Gasteiger partial charge in [0.25, 0.3) is 0 Å². The van der Waals surface area contributed by atoms with Crippen LogP contribution in [0.15, 0.2) is 24.5 Å². The van der Waals surface area contributed by atoms with Crippen molar-refractivity contribution in [3.8, 4) is 0 Å². The van der Waals surface area contributed by atoms with Crippen molar-refractivity contribution in [2.24, 2.45) is 0 Å². The van der Waals surface area contributed by atoms with Gasteiger partial charge in [-0.2, -0.15) is 0 Å². The zero-order chi connectivity index (χ0) is 10.3. The molecule has 0 spiro atoms. The van der Waals surface area contributed by atoms with Crippen LogP contribution in [0.25, 0.3) is 0 Å². The highest BCUT2D eigenvalue weighted by atomic mass is 16.5. The number of hydrogen-bond acceptors (Lipinski definition) is 3. The van der Waals surface area contributed by atoms with E-state index in [9.17, 15) is 9.59 Å². The summed E-state index contributed by atoms with van der Waals surface area (Å²) in [6.45, 7) is 5.01. The molecular formula is C9H12O4. The number of esters is 1. The van der Waals surface area contributed by atoms with E-state index < -0.39 is 11.9 Å². The van der Waals surface area contributed by atoms with Crippen molar-refractivity contribution in [1.29, 1.82) is 0 Å². The average Bonchev–Trinajstić information content (AvgIpc) is 2.03. The standard InChI is InChI=1S/C9H12O4/c1-3-5-7(6-8(10)11)13-9(12)4-2/h3,5H,1,4,6H2,2H3,(H,10,11). The van der Waals surface area contributed by atoms with Crippen LogP contribution >= 0.6 is 0 Å². The zero-order valence-electron chi connectivity index (χ0n) is 7.45. The Labute approximate surface area is 76.5 Å². The van der Waals surface area contributed by atoms with Crippen molar-refractivity contribution in [2.75, 3.05) is 0 Å². The van der Waals surface area contributed by atoms with E-state index >= 15 is 0 Å². The number of carboxylic acids is 1. The van der Waals surface area contributed by atoms with E-state index in [-0.39, 0.29) is 18.6 Å². The van der Waals surface area contributed by atoms with Gasteiger partial charge in [0, 0.05) is 6.42 Å². The fraction of sp³-hybridized carbons (Fsp3) is 0.333. The van der Waals surface area contributed by atoms with Gasteiger partial charge in [-0.1, -0.05) is 19.6 Å². The first-order valence-corrected chi connectivity index (χ1v) is 3.84. The molecule has 4 nitrogen and oxygen atoms in total. The molecule has 72 valence electrons. The topological polar surface area (TPSA) is 63.6 Å². The highest BCUT2D eigenvalue weighted by Crippen LogP contribution is 2.05. The third-order valence-corrected chi connectivity index (χ3v) is 1.16. The molecule has 4 heteroatoms.